The fourth-order valence-corrected chi connectivity index (χ4v) is 3.77. The fourth-order valence-electron chi connectivity index (χ4n) is 3.60. The van der Waals surface area contributed by atoms with Crippen molar-refractivity contribution < 1.29 is 4.74 Å². The molecule has 1 unspecified atom stereocenters. The molecule has 0 radical (unpaired) electrons. The Bertz CT molecular complexity index is 621. The summed E-state index contributed by atoms with van der Waals surface area (Å²) in [5, 5.41) is 7.73. The molecule has 2 N–H and O–H groups in total. The van der Waals surface area contributed by atoms with E-state index in [2.05, 4.69) is 39.3 Å². The molecule has 0 aromatic heterocycles. The van der Waals surface area contributed by atoms with Crippen molar-refractivity contribution in [2.24, 2.45) is 4.99 Å². The lowest BCUT2D eigenvalue weighted by molar-refractivity contribution is 0.297. The Morgan fingerprint density at radius 2 is 2.11 bits per heavy atom. The highest BCUT2D eigenvalue weighted by molar-refractivity contribution is 6.30. The zero-order chi connectivity index (χ0) is 20.4. The van der Waals surface area contributed by atoms with Crippen LogP contribution in [0, 0.1) is 0 Å². The van der Waals surface area contributed by atoms with Crippen molar-refractivity contribution in [1.82, 2.24) is 15.5 Å². The average Bonchev–Trinajstić information content (AvgIpc) is 3.18. The quantitative estimate of drug-likeness (QED) is 0.353. The molecule has 0 saturated carbocycles. The van der Waals surface area contributed by atoms with Gasteiger partial charge in [0.15, 0.2) is 5.96 Å². The van der Waals surface area contributed by atoms with E-state index in [0.29, 0.717) is 6.04 Å². The van der Waals surface area contributed by atoms with E-state index in [1.54, 1.807) is 7.11 Å². The van der Waals surface area contributed by atoms with Gasteiger partial charge in [0.05, 0.1) is 12.8 Å². The number of methoxy groups -OCH3 is 1. The van der Waals surface area contributed by atoms with Gasteiger partial charge < -0.3 is 25.2 Å². The highest BCUT2D eigenvalue weighted by atomic mass is 35.5. The van der Waals surface area contributed by atoms with Crippen LogP contribution in [-0.2, 0) is 0 Å². The molecule has 1 aliphatic rings. The molecule has 1 atom stereocenters. The Hall–Kier alpha value is -1.66. The molecule has 0 aliphatic carbocycles. The van der Waals surface area contributed by atoms with Crippen LogP contribution in [0.15, 0.2) is 23.2 Å². The normalized spacial score (nSPS) is 17.3. The van der Waals surface area contributed by atoms with Crippen LogP contribution in [0.4, 0.5) is 5.69 Å². The van der Waals surface area contributed by atoms with Crippen molar-refractivity contribution in [3.63, 3.8) is 0 Å². The van der Waals surface area contributed by atoms with Crippen LogP contribution >= 0.6 is 11.6 Å². The Morgan fingerprint density at radius 3 is 2.79 bits per heavy atom. The molecule has 1 heterocycles. The highest BCUT2D eigenvalue weighted by Crippen LogP contribution is 2.33. The fraction of sp³-hybridized carbons (Fsp3) is 0.667. The molecule has 1 aromatic carbocycles. The van der Waals surface area contributed by atoms with Gasteiger partial charge in [0.2, 0.25) is 0 Å². The third-order valence-corrected chi connectivity index (χ3v) is 5.56. The summed E-state index contributed by atoms with van der Waals surface area (Å²) >= 11 is 6.19. The van der Waals surface area contributed by atoms with E-state index in [-0.39, 0.29) is 0 Å². The van der Waals surface area contributed by atoms with Crippen molar-refractivity contribution in [3.05, 3.63) is 23.2 Å². The first-order chi connectivity index (χ1) is 13.6. The van der Waals surface area contributed by atoms with E-state index in [4.69, 9.17) is 16.3 Å². The molecule has 28 heavy (non-hydrogen) atoms. The number of hydrogen-bond donors (Lipinski definition) is 2. The first-order valence-corrected chi connectivity index (χ1v) is 10.8. The number of nitrogens with zero attached hydrogens (tertiary/aromatic N) is 3. The monoisotopic (exact) mass is 409 g/mol. The van der Waals surface area contributed by atoms with Crippen LogP contribution in [0.5, 0.6) is 5.75 Å². The zero-order valence-corrected chi connectivity index (χ0v) is 18.6. The minimum atomic E-state index is 0.352. The maximum atomic E-state index is 6.19. The van der Waals surface area contributed by atoms with Crippen molar-refractivity contribution in [1.29, 1.82) is 0 Å². The Labute approximate surface area is 175 Å². The van der Waals surface area contributed by atoms with Gasteiger partial charge in [-0.1, -0.05) is 25.4 Å². The molecule has 1 saturated heterocycles. The number of anilines is 1. The van der Waals surface area contributed by atoms with Gasteiger partial charge in [-0.2, -0.15) is 0 Å². The molecule has 0 bridgehead atoms. The minimum absolute atomic E-state index is 0.352. The lowest BCUT2D eigenvalue weighted by Crippen LogP contribution is -2.45. The van der Waals surface area contributed by atoms with E-state index in [1.165, 1.54) is 13.0 Å². The number of rotatable bonds is 10. The molecule has 2 rings (SSSR count). The Morgan fingerprint density at radius 1 is 1.32 bits per heavy atom. The van der Waals surface area contributed by atoms with Crippen molar-refractivity contribution in [3.8, 4) is 5.75 Å². The van der Waals surface area contributed by atoms with Gasteiger partial charge >= 0.3 is 0 Å². The van der Waals surface area contributed by atoms with E-state index in [1.807, 2.05) is 25.2 Å². The molecule has 0 spiro atoms. The summed E-state index contributed by atoms with van der Waals surface area (Å²) in [5.74, 6) is 1.74. The lowest BCUT2D eigenvalue weighted by Gasteiger charge is -2.22. The molecule has 0 amide bonds. The van der Waals surface area contributed by atoms with Crippen molar-refractivity contribution in [2.45, 2.75) is 39.2 Å². The largest absolute Gasteiger partial charge is 0.495 e. The molecule has 6 nitrogen and oxygen atoms in total. The molecular formula is C21H36ClN5O. The molecule has 1 aromatic rings. The minimum Gasteiger partial charge on any atom is -0.495 e. The van der Waals surface area contributed by atoms with E-state index in [9.17, 15) is 0 Å². The first-order valence-electron chi connectivity index (χ1n) is 10.4. The molecular weight excluding hydrogens is 374 g/mol. The SMILES string of the molecule is CCN(CC)CCCCNC(=NC)NC1CCN(c2cc(Cl)ccc2OC)C1. The van der Waals surface area contributed by atoms with Crippen LogP contribution in [0.2, 0.25) is 5.02 Å². The van der Waals surface area contributed by atoms with Gasteiger partial charge in [-0.15, -0.1) is 0 Å². The summed E-state index contributed by atoms with van der Waals surface area (Å²) in [7, 11) is 3.53. The number of nitrogens with one attached hydrogen (secondary N) is 2. The Kier molecular flexibility index (Phi) is 9.71. The summed E-state index contributed by atoms with van der Waals surface area (Å²) in [6.45, 7) is 10.7. The number of guanidine groups is 1. The number of ether oxygens (including phenoxy) is 1. The number of hydrogen-bond acceptors (Lipinski definition) is 4. The lowest BCUT2D eigenvalue weighted by atomic mass is 10.2. The van der Waals surface area contributed by atoms with Crippen LogP contribution in [0.3, 0.4) is 0 Å². The van der Waals surface area contributed by atoms with Gasteiger partial charge in [-0.05, 0) is 57.1 Å². The number of unbranched alkanes of at least 4 members (excludes halogenated alkanes) is 1. The van der Waals surface area contributed by atoms with Gasteiger partial charge in [0.25, 0.3) is 0 Å². The molecule has 1 fully saturated rings. The summed E-state index contributed by atoms with van der Waals surface area (Å²) in [6.07, 6.45) is 3.41. The van der Waals surface area contributed by atoms with Crippen LogP contribution in [0.25, 0.3) is 0 Å². The summed E-state index contributed by atoms with van der Waals surface area (Å²) in [5.41, 5.74) is 1.05. The smallest absolute Gasteiger partial charge is 0.191 e. The zero-order valence-electron chi connectivity index (χ0n) is 17.8. The molecule has 1 aliphatic heterocycles. The first kappa shape index (κ1) is 22.6. The third-order valence-electron chi connectivity index (χ3n) is 5.32. The second-order valence-corrected chi connectivity index (χ2v) is 7.56. The van der Waals surface area contributed by atoms with Crippen molar-refractivity contribution in [2.75, 3.05) is 58.3 Å². The van der Waals surface area contributed by atoms with Crippen LogP contribution in [-0.4, -0.2) is 70.3 Å². The van der Waals surface area contributed by atoms with E-state index >= 15 is 0 Å². The summed E-state index contributed by atoms with van der Waals surface area (Å²) < 4.78 is 5.50. The Balaban J connectivity index is 1.76. The average molecular weight is 410 g/mol. The van der Waals surface area contributed by atoms with Crippen molar-refractivity contribution >= 4 is 23.2 Å². The predicted molar refractivity (Wildman–Crippen MR) is 120 cm³/mol. The second kappa shape index (κ2) is 12.0. The summed E-state index contributed by atoms with van der Waals surface area (Å²) in [4.78, 5) is 9.16. The maximum absolute atomic E-state index is 6.19. The topological polar surface area (TPSA) is 52.1 Å². The molecule has 7 heteroatoms. The molecule has 158 valence electrons. The standard InChI is InChI=1S/C21H36ClN5O/c1-5-26(6-2)13-8-7-12-24-21(23-3)25-18-11-14-27(16-18)19-15-17(22)9-10-20(19)28-4/h9-10,15,18H,5-8,11-14,16H2,1-4H3,(H2,23,24,25). The van der Waals surface area contributed by atoms with E-state index < -0.39 is 0 Å². The third kappa shape index (κ3) is 6.74. The van der Waals surface area contributed by atoms with Crippen LogP contribution in [0.1, 0.15) is 33.1 Å². The van der Waals surface area contributed by atoms with Gasteiger partial charge in [0, 0.05) is 37.7 Å². The number of halogens is 1. The number of aliphatic imine (C=N–C) groups is 1. The number of benzene rings is 1. The highest BCUT2D eigenvalue weighted by Gasteiger charge is 2.25. The van der Waals surface area contributed by atoms with Gasteiger partial charge in [0.1, 0.15) is 5.75 Å². The predicted octanol–water partition coefficient (Wildman–Crippen LogP) is 3.21. The van der Waals surface area contributed by atoms with Crippen LogP contribution < -0.4 is 20.3 Å². The van der Waals surface area contributed by atoms with E-state index in [0.717, 1.165) is 68.0 Å². The van der Waals surface area contributed by atoms with Gasteiger partial charge in [-0.25, -0.2) is 0 Å². The maximum Gasteiger partial charge on any atom is 0.191 e. The van der Waals surface area contributed by atoms with Gasteiger partial charge in [-0.3, -0.25) is 4.99 Å². The second-order valence-electron chi connectivity index (χ2n) is 7.13. The summed E-state index contributed by atoms with van der Waals surface area (Å²) in [6, 6.07) is 6.12.